The highest BCUT2D eigenvalue weighted by atomic mass is 16.4. The third-order valence-corrected chi connectivity index (χ3v) is 5.34. The van der Waals surface area contributed by atoms with Gasteiger partial charge in [0.2, 0.25) is 0 Å². The zero-order valence-corrected chi connectivity index (χ0v) is 16.5. The van der Waals surface area contributed by atoms with E-state index >= 15 is 0 Å². The highest BCUT2D eigenvalue weighted by molar-refractivity contribution is 6.13. The van der Waals surface area contributed by atoms with Gasteiger partial charge in [-0.2, -0.15) is 0 Å². The minimum atomic E-state index is -1.33. The van der Waals surface area contributed by atoms with Crippen molar-refractivity contribution in [1.82, 2.24) is 0 Å². The van der Waals surface area contributed by atoms with E-state index < -0.39 is 22.9 Å². The third kappa shape index (κ3) is 5.33. The molecule has 0 saturated carbocycles. The molecule has 2 unspecified atom stereocenters. The zero-order valence-electron chi connectivity index (χ0n) is 16.5. The van der Waals surface area contributed by atoms with Gasteiger partial charge in [-0.25, -0.2) is 9.59 Å². The fraction of sp³-hybridized carbons (Fsp3) is 0.636. The molecule has 1 rings (SSSR count). The van der Waals surface area contributed by atoms with Crippen LogP contribution in [-0.2, 0) is 9.59 Å². The molecule has 4 heteroatoms. The van der Waals surface area contributed by atoms with Crippen molar-refractivity contribution in [3.8, 4) is 0 Å². The molecule has 0 fully saturated rings. The van der Waals surface area contributed by atoms with Crippen LogP contribution < -0.4 is 0 Å². The summed E-state index contributed by atoms with van der Waals surface area (Å²) in [6, 6.07) is 0. The average molecular weight is 363 g/mol. The van der Waals surface area contributed by atoms with Gasteiger partial charge in [-0.05, 0) is 30.8 Å². The number of unbranched alkanes of at least 4 members (excludes halogenated alkanes) is 3. The van der Waals surface area contributed by atoms with Gasteiger partial charge in [0.15, 0.2) is 0 Å². The molecule has 0 spiro atoms. The number of carboxylic acid groups (broad SMARTS) is 2. The molecular weight excluding hydrogens is 328 g/mol. The molecule has 0 heterocycles. The van der Waals surface area contributed by atoms with E-state index in [-0.39, 0.29) is 5.92 Å². The molecule has 146 valence electrons. The lowest BCUT2D eigenvalue weighted by Crippen LogP contribution is -2.34. The molecule has 0 amide bonds. The van der Waals surface area contributed by atoms with Crippen molar-refractivity contribution in [2.45, 2.75) is 78.6 Å². The monoisotopic (exact) mass is 362 g/mol. The molecular formula is C22H34O4. The molecule has 0 saturated heterocycles. The third-order valence-electron chi connectivity index (χ3n) is 5.34. The Balaban J connectivity index is 3.49. The van der Waals surface area contributed by atoms with Gasteiger partial charge in [-0.3, -0.25) is 0 Å². The second-order valence-corrected chi connectivity index (χ2v) is 7.20. The predicted octanol–water partition coefficient (Wildman–Crippen LogP) is 5.75. The first-order valence-corrected chi connectivity index (χ1v) is 10.0. The van der Waals surface area contributed by atoms with Crippen molar-refractivity contribution in [2.75, 3.05) is 0 Å². The Morgan fingerprint density at radius 3 is 2.15 bits per heavy atom. The van der Waals surface area contributed by atoms with Crippen LogP contribution in [0, 0.1) is 11.3 Å². The largest absolute Gasteiger partial charge is 0.477 e. The number of aliphatic carboxylic acids is 2. The molecule has 26 heavy (non-hydrogen) atoms. The quantitative estimate of drug-likeness (QED) is 0.200. The maximum atomic E-state index is 11.8. The minimum absolute atomic E-state index is 0.148. The van der Waals surface area contributed by atoms with Crippen LogP contribution in [0.5, 0.6) is 0 Å². The maximum Gasteiger partial charge on any atom is 0.343 e. The van der Waals surface area contributed by atoms with Gasteiger partial charge < -0.3 is 10.2 Å². The molecule has 0 aliphatic heterocycles. The summed E-state index contributed by atoms with van der Waals surface area (Å²) in [4.78, 5) is 23.6. The Hall–Kier alpha value is -1.84. The first-order valence-electron chi connectivity index (χ1n) is 10.0. The van der Waals surface area contributed by atoms with E-state index in [2.05, 4.69) is 26.0 Å². The standard InChI is InChI=1S/C22H34O4/c1-4-7-8-10-15-22(16-11-9-14-17(22)12-5-2)18(13-6-3)19(20(23)24)21(25)26/h9,11,14,16-17H,4-8,10,12-13,15H2,1-3H3,(H,23,24)(H,25,26). The van der Waals surface area contributed by atoms with Crippen molar-refractivity contribution in [3.05, 3.63) is 35.5 Å². The Bertz CT molecular complexity index is 555. The molecule has 0 aromatic carbocycles. The van der Waals surface area contributed by atoms with Gasteiger partial charge in [-0.1, -0.05) is 83.6 Å². The highest BCUT2D eigenvalue weighted by Gasteiger charge is 2.42. The Morgan fingerprint density at radius 1 is 0.923 bits per heavy atom. The first-order chi connectivity index (χ1) is 12.4. The number of carboxylic acids is 2. The van der Waals surface area contributed by atoms with Crippen molar-refractivity contribution in [2.24, 2.45) is 11.3 Å². The van der Waals surface area contributed by atoms with Gasteiger partial charge in [-0.15, -0.1) is 0 Å². The van der Waals surface area contributed by atoms with Crippen molar-refractivity contribution >= 4 is 11.9 Å². The Morgan fingerprint density at radius 2 is 1.62 bits per heavy atom. The van der Waals surface area contributed by atoms with Crippen molar-refractivity contribution in [3.63, 3.8) is 0 Å². The van der Waals surface area contributed by atoms with Gasteiger partial charge in [0.05, 0.1) is 0 Å². The summed E-state index contributed by atoms with van der Waals surface area (Å²) in [7, 11) is 0. The molecule has 2 N–H and O–H groups in total. The number of hydrogen-bond acceptors (Lipinski definition) is 2. The Labute approximate surface area is 157 Å². The van der Waals surface area contributed by atoms with Gasteiger partial charge in [0, 0.05) is 5.41 Å². The second kappa shape index (κ2) is 11.0. The zero-order chi connectivity index (χ0) is 19.6. The van der Waals surface area contributed by atoms with Crippen LogP contribution in [0.25, 0.3) is 0 Å². The molecule has 0 bridgehead atoms. The summed E-state index contributed by atoms with van der Waals surface area (Å²) in [5.74, 6) is -2.51. The van der Waals surface area contributed by atoms with Gasteiger partial charge in [0.25, 0.3) is 0 Å². The van der Waals surface area contributed by atoms with E-state index in [1.165, 1.54) is 0 Å². The lowest BCUT2D eigenvalue weighted by molar-refractivity contribution is -0.140. The molecule has 1 aliphatic rings. The predicted molar refractivity (Wildman–Crippen MR) is 105 cm³/mol. The smallest absolute Gasteiger partial charge is 0.343 e. The summed E-state index contributed by atoms with van der Waals surface area (Å²) in [6.45, 7) is 6.25. The van der Waals surface area contributed by atoms with Crippen LogP contribution in [0.2, 0.25) is 0 Å². The summed E-state index contributed by atoms with van der Waals surface area (Å²) in [5, 5.41) is 19.3. The fourth-order valence-electron chi connectivity index (χ4n) is 4.16. The summed E-state index contributed by atoms with van der Waals surface area (Å²) in [5.41, 5.74) is -0.334. The van der Waals surface area contributed by atoms with E-state index in [0.29, 0.717) is 12.0 Å². The van der Waals surface area contributed by atoms with E-state index in [1.807, 2.05) is 19.1 Å². The van der Waals surface area contributed by atoms with E-state index in [0.717, 1.165) is 51.4 Å². The summed E-state index contributed by atoms with van der Waals surface area (Å²) < 4.78 is 0. The molecule has 4 nitrogen and oxygen atoms in total. The van der Waals surface area contributed by atoms with Crippen LogP contribution in [0.1, 0.15) is 78.6 Å². The lowest BCUT2D eigenvalue weighted by atomic mass is 9.61. The average Bonchev–Trinajstić information content (AvgIpc) is 2.59. The first kappa shape index (κ1) is 22.2. The van der Waals surface area contributed by atoms with Crippen LogP contribution in [0.3, 0.4) is 0 Å². The molecule has 1 aliphatic carbocycles. The molecule has 0 aromatic rings. The van der Waals surface area contributed by atoms with E-state index in [9.17, 15) is 19.8 Å². The number of rotatable bonds is 12. The summed E-state index contributed by atoms with van der Waals surface area (Å²) >= 11 is 0. The molecule has 2 atom stereocenters. The fourth-order valence-corrected chi connectivity index (χ4v) is 4.16. The highest BCUT2D eigenvalue weighted by Crippen LogP contribution is 2.49. The number of carbonyl (C=O) groups is 2. The number of hydrogen-bond donors (Lipinski definition) is 2. The molecule has 0 radical (unpaired) electrons. The van der Waals surface area contributed by atoms with Gasteiger partial charge >= 0.3 is 11.9 Å². The van der Waals surface area contributed by atoms with Crippen LogP contribution >= 0.6 is 0 Å². The maximum absolute atomic E-state index is 11.8. The Kier molecular flexibility index (Phi) is 9.39. The SMILES string of the molecule is CCCCCCC1(C(CCC)=C(C(=O)O)C(=O)O)C=CC=CC1CCC. The van der Waals surface area contributed by atoms with Crippen molar-refractivity contribution < 1.29 is 19.8 Å². The van der Waals surface area contributed by atoms with Crippen LogP contribution in [-0.4, -0.2) is 22.2 Å². The van der Waals surface area contributed by atoms with E-state index in [1.54, 1.807) is 0 Å². The number of allylic oxidation sites excluding steroid dienone is 5. The minimum Gasteiger partial charge on any atom is -0.477 e. The summed E-state index contributed by atoms with van der Waals surface area (Å²) in [6.07, 6.45) is 16.5. The van der Waals surface area contributed by atoms with Crippen molar-refractivity contribution in [1.29, 1.82) is 0 Å². The lowest BCUT2D eigenvalue weighted by Gasteiger charge is -2.42. The van der Waals surface area contributed by atoms with Gasteiger partial charge in [0.1, 0.15) is 5.57 Å². The topological polar surface area (TPSA) is 74.6 Å². The van der Waals surface area contributed by atoms with Crippen LogP contribution in [0.15, 0.2) is 35.5 Å². The second-order valence-electron chi connectivity index (χ2n) is 7.20. The normalized spacial score (nSPS) is 21.6. The molecule has 0 aromatic heterocycles. The van der Waals surface area contributed by atoms with E-state index in [4.69, 9.17) is 0 Å². The van der Waals surface area contributed by atoms with Crippen LogP contribution in [0.4, 0.5) is 0 Å².